The molecule has 0 saturated carbocycles. The molecule has 5 heteroatoms. The molecule has 4 aromatic rings. The van der Waals surface area contributed by atoms with Crippen molar-refractivity contribution >= 4 is 16.8 Å². The topological polar surface area (TPSA) is 68.0 Å². The van der Waals surface area contributed by atoms with E-state index in [2.05, 4.69) is 39.6 Å². The van der Waals surface area contributed by atoms with Crippen LogP contribution in [-0.4, -0.2) is 9.97 Å². The molecule has 1 aliphatic carbocycles. The first-order chi connectivity index (χ1) is 14.2. The van der Waals surface area contributed by atoms with Gasteiger partial charge in [-0.15, -0.1) is 0 Å². The van der Waals surface area contributed by atoms with Gasteiger partial charge in [0.15, 0.2) is 5.43 Å². The lowest BCUT2D eigenvalue weighted by atomic mass is 9.88. The molecule has 5 rings (SSSR count). The van der Waals surface area contributed by atoms with Crippen LogP contribution in [-0.2, 0) is 6.42 Å². The largest absolute Gasteiger partial charge is 0.464 e. The number of rotatable bonds is 3. The normalized spacial score (nSPS) is 15.8. The highest BCUT2D eigenvalue weighted by atomic mass is 16.3. The van der Waals surface area contributed by atoms with Gasteiger partial charge >= 0.3 is 0 Å². The third kappa shape index (κ3) is 3.40. The molecule has 1 aliphatic rings. The van der Waals surface area contributed by atoms with Crippen LogP contribution in [0.15, 0.2) is 70.1 Å². The number of fused-ring (bicyclic) bond motifs is 2. The maximum atomic E-state index is 12.2. The van der Waals surface area contributed by atoms with E-state index in [9.17, 15) is 4.79 Å². The Bertz CT molecular complexity index is 1260. The lowest BCUT2D eigenvalue weighted by molar-refractivity contribution is 0.598. The predicted molar refractivity (Wildman–Crippen MR) is 114 cm³/mol. The van der Waals surface area contributed by atoms with Crippen LogP contribution in [0.3, 0.4) is 0 Å². The Labute approximate surface area is 168 Å². The fourth-order valence-electron chi connectivity index (χ4n) is 4.12. The molecule has 0 unspecified atom stereocenters. The van der Waals surface area contributed by atoms with Crippen LogP contribution >= 0.6 is 0 Å². The van der Waals surface area contributed by atoms with E-state index in [0.29, 0.717) is 16.8 Å². The molecule has 0 radical (unpaired) electrons. The van der Waals surface area contributed by atoms with Crippen LogP contribution in [0.2, 0.25) is 0 Å². The Morgan fingerprint density at radius 2 is 1.97 bits per heavy atom. The summed E-state index contributed by atoms with van der Waals surface area (Å²) in [5.74, 6) is 1.49. The number of benzene rings is 2. The Balaban J connectivity index is 1.52. The summed E-state index contributed by atoms with van der Waals surface area (Å²) in [5, 5.41) is 4.16. The quantitative estimate of drug-likeness (QED) is 0.536. The smallest absolute Gasteiger partial charge is 0.192 e. The van der Waals surface area contributed by atoms with E-state index >= 15 is 0 Å². The number of hydrogen-bond donors (Lipinski definition) is 1. The minimum absolute atomic E-state index is 0.0592. The molecule has 1 N–H and O–H groups in total. The van der Waals surface area contributed by atoms with Crippen molar-refractivity contribution in [1.29, 1.82) is 0 Å². The first-order valence-corrected chi connectivity index (χ1v) is 9.89. The molecule has 0 bridgehead atoms. The summed E-state index contributed by atoms with van der Waals surface area (Å²) in [6.45, 7) is 1.89. The van der Waals surface area contributed by atoms with Gasteiger partial charge in [0.25, 0.3) is 0 Å². The number of anilines is 1. The van der Waals surface area contributed by atoms with Crippen molar-refractivity contribution in [2.45, 2.75) is 32.2 Å². The lowest BCUT2D eigenvalue weighted by Gasteiger charge is -2.27. The molecular formula is C24H21N3O2. The van der Waals surface area contributed by atoms with E-state index in [4.69, 9.17) is 4.42 Å². The number of nitrogens with one attached hydrogen (secondary N) is 1. The van der Waals surface area contributed by atoms with Crippen LogP contribution in [0.25, 0.3) is 22.2 Å². The maximum absolute atomic E-state index is 12.2. The van der Waals surface area contributed by atoms with Crippen molar-refractivity contribution in [1.82, 2.24) is 9.97 Å². The molecule has 2 aromatic heterocycles. The number of aromatic nitrogens is 2. The summed E-state index contributed by atoms with van der Waals surface area (Å²) in [6, 6.07) is 17.8. The van der Waals surface area contributed by atoms with Crippen LogP contribution in [0.4, 0.5) is 5.82 Å². The van der Waals surface area contributed by atoms with E-state index < -0.39 is 0 Å². The number of aryl methyl sites for hydroxylation is 2. The zero-order valence-electron chi connectivity index (χ0n) is 16.2. The molecule has 2 heterocycles. The zero-order valence-corrected chi connectivity index (χ0v) is 16.2. The summed E-state index contributed by atoms with van der Waals surface area (Å²) < 4.78 is 5.42. The van der Waals surface area contributed by atoms with Crippen molar-refractivity contribution in [3.8, 4) is 11.3 Å². The van der Waals surface area contributed by atoms with Gasteiger partial charge in [0, 0.05) is 17.7 Å². The molecule has 0 amide bonds. The van der Waals surface area contributed by atoms with Gasteiger partial charge in [-0.05, 0) is 55.5 Å². The molecule has 0 spiro atoms. The predicted octanol–water partition coefficient (Wildman–Crippen LogP) is 5.05. The molecular weight excluding hydrogens is 362 g/mol. The van der Waals surface area contributed by atoms with Gasteiger partial charge in [-0.3, -0.25) is 4.79 Å². The minimum atomic E-state index is -0.0592. The molecule has 0 fully saturated rings. The molecule has 0 aliphatic heterocycles. The Hall–Kier alpha value is -3.47. The molecule has 2 aromatic carbocycles. The van der Waals surface area contributed by atoms with Crippen molar-refractivity contribution in [2.75, 3.05) is 5.32 Å². The molecule has 29 heavy (non-hydrogen) atoms. The highest BCUT2D eigenvalue weighted by Gasteiger charge is 2.20. The second kappa shape index (κ2) is 7.17. The average molecular weight is 383 g/mol. The van der Waals surface area contributed by atoms with E-state index in [0.717, 1.165) is 36.3 Å². The van der Waals surface area contributed by atoms with Gasteiger partial charge in [0.05, 0.1) is 23.4 Å². The summed E-state index contributed by atoms with van der Waals surface area (Å²) in [7, 11) is 0. The first-order valence-electron chi connectivity index (χ1n) is 9.89. The highest BCUT2D eigenvalue weighted by Crippen LogP contribution is 2.32. The van der Waals surface area contributed by atoms with Crippen molar-refractivity contribution < 1.29 is 4.42 Å². The Kier molecular flexibility index (Phi) is 4.35. The average Bonchev–Trinajstić information content (AvgIpc) is 2.74. The minimum Gasteiger partial charge on any atom is -0.464 e. The standard InChI is InChI=1S/C24H21N3O2/c1-15-25-21(17-9-10-23-19(13-17)22(28)11-12-29-23)14-24(26-15)27-20-8-4-6-16-5-2-3-7-18(16)20/h2-3,5,7,9-14,20H,4,6,8H2,1H3,(H,25,26,27)/t20-/m1/s1. The SMILES string of the molecule is Cc1nc(N[C@@H]2CCCc3ccccc32)cc(-c2ccc3occc(=O)c3c2)n1. The monoisotopic (exact) mass is 383 g/mol. The molecule has 0 saturated heterocycles. The molecule has 5 nitrogen and oxygen atoms in total. The van der Waals surface area contributed by atoms with Crippen LogP contribution in [0, 0.1) is 6.92 Å². The zero-order chi connectivity index (χ0) is 19.8. The van der Waals surface area contributed by atoms with Crippen LogP contribution in [0.1, 0.15) is 35.8 Å². The summed E-state index contributed by atoms with van der Waals surface area (Å²) >= 11 is 0. The number of hydrogen-bond acceptors (Lipinski definition) is 5. The van der Waals surface area contributed by atoms with Gasteiger partial charge in [-0.1, -0.05) is 24.3 Å². The second-order valence-corrected chi connectivity index (χ2v) is 7.47. The third-order valence-corrected chi connectivity index (χ3v) is 5.48. The third-order valence-electron chi connectivity index (χ3n) is 5.48. The van der Waals surface area contributed by atoms with E-state index in [1.807, 2.05) is 31.2 Å². The van der Waals surface area contributed by atoms with Crippen LogP contribution in [0.5, 0.6) is 0 Å². The lowest BCUT2D eigenvalue weighted by Crippen LogP contribution is -2.18. The van der Waals surface area contributed by atoms with Crippen molar-refractivity contribution in [3.63, 3.8) is 0 Å². The first kappa shape index (κ1) is 17.6. The van der Waals surface area contributed by atoms with Gasteiger partial charge < -0.3 is 9.73 Å². The Morgan fingerprint density at radius 1 is 1.07 bits per heavy atom. The van der Waals surface area contributed by atoms with E-state index in [-0.39, 0.29) is 11.5 Å². The summed E-state index contributed by atoms with van der Waals surface area (Å²) in [6.07, 6.45) is 4.78. The fraction of sp³-hybridized carbons (Fsp3) is 0.208. The Morgan fingerprint density at radius 3 is 2.90 bits per heavy atom. The van der Waals surface area contributed by atoms with E-state index in [1.54, 1.807) is 0 Å². The van der Waals surface area contributed by atoms with Gasteiger partial charge in [-0.25, -0.2) is 9.97 Å². The summed E-state index contributed by atoms with van der Waals surface area (Å²) in [5.41, 5.74) is 4.92. The van der Waals surface area contributed by atoms with Crippen molar-refractivity contribution in [3.05, 3.63) is 88.0 Å². The molecule has 144 valence electrons. The maximum Gasteiger partial charge on any atom is 0.192 e. The van der Waals surface area contributed by atoms with E-state index in [1.165, 1.54) is 23.5 Å². The number of nitrogens with zero attached hydrogens (tertiary/aromatic N) is 2. The van der Waals surface area contributed by atoms with Gasteiger partial charge in [0.1, 0.15) is 17.2 Å². The second-order valence-electron chi connectivity index (χ2n) is 7.47. The highest BCUT2D eigenvalue weighted by molar-refractivity contribution is 5.82. The fourth-order valence-corrected chi connectivity index (χ4v) is 4.12. The van der Waals surface area contributed by atoms with Crippen LogP contribution < -0.4 is 10.7 Å². The summed E-state index contributed by atoms with van der Waals surface area (Å²) in [4.78, 5) is 21.4. The molecule has 1 atom stereocenters. The van der Waals surface area contributed by atoms with Crippen molar-refractivity contribution in [2.24, 2.45) is 0 Å². The van der Waals surface area contributed by atoms with Gasteiger partial charge in [0.2, 0.25) is 0 Å². The van der Waals surface area contributed by atoms with Gasteiger partial charge in [-0.2, -0.15) is 0 Å².